The zero-order valence-electron chi connectivity index (χ0n) is 8.26. The van der Waals surface area contributed by atoms with E-state index in [-0.39, 0.29) is 17.4 Å². The van der Waals surface area contributed by atoms with Gasteiger partial charge in [0.05, 0.1) is 0 Å². The molecule has 1 rings (SSSR count). The molecule has 70 valence electrons. The molecule has 1 fully saturated rings. The SMILES string of the molecule is CC(C)C(=O)C1(C)CCCC1N. The van der Waals surface area contributed by atoms with E-state index in [0.717, 1.165) is 19.3 Å². The fourth-order valence-electron chi connectivity index (χ4n) is 2.16. The molecule has 0 aromatic rings. The largest absolute Gasteiger partial charge is 0.327 e. The summed E-state index contributed by atoms with van der Waals surface area (Å²) >= 11 is 0. The van der Waals surface area contributed by atoms with Crippen LogP contribution in [0.5, 0.6) is 0 Å². The van der Waals surface area contributed by atoms with Crippen molar-refractivity contribution in [3.63, 3.8) is 0 Å². The molecule has 1 aliphatic rings. The van der Waals surface area contributed by atoms with Crippen LogP contribution < -0.4 is 5.73 Å². The molecule has 0 aliphatic heterocycles. The Bertz CT molecular complexity index is 188. The van der Waals surface area contributed by atoms with Crippen molar-refractivity contribution in [2.24, 2.45) is 17.1 Å². The summed E-state index contributed by atoms with van der Waals surface area (Å²) in [5.74, 6) is 0.464. The lowest BCUT2D eigenvalue weighted by Crippen LogP contribution is -2.43. The molecule has 0 amide bonds. The second-order valence-electron chi connectivity index (χ2n) is 4.44. The smallest absolute Gasteiger partial charge is 0.142 e. The maximum absolute atomic E-state index is 11.8. The average Bonchev–Trinajstić information content (AvgIpc) is 2.32. The minimum atomic E-state index is -0.228. The summed E-state index contributed by atoms with van der Waals surface area (Å²) in [6, 6.07) is 0.0902. The Hall–Kier alpha value is -0.370. The molecule has 2 N–H and O–H groups in total. The predicted molar refractivity (Wildman–Crippen MR) is 49.8 cm³/mol. The van der Waals surface area contributed by atoms with Crippen LogP contribution in [0.4, 0.5) is 0 Å². The Kier molecular flexibility index (Phi) is 2.57. The number of ketones is 1. The van der Waals surface area contributed by atoms with Crippen LogP contribution in [0.15, 0.2) is 0 Å². The maximum atomic E-state index is 11.8. The number of Topliss-reactive ketones (excluding diaryl/α,β-unsaturated/α-hetero) is 1. The van der Waals surface area contributed by atoms with E-state index in [4.69, 9.17) is 5.73 Å². The minimum Gasteiger partial charge on any atom is -0.327 e. The number of carbonyl (C=O) groups is 1. The molecule has 0 spiro atoms. The summed E-state index contributed by atoms with van der Waals surface area (Å²) in [5.41, 5.74) is 5.70. The first kappa shape index (κ1) is 9.72. The van der Waals surface area contributed by atoms with Crippen LogP contribution in [0.1, 0.15) is 40.0 Å². The van der Waals surface area contributed by atoms with E-state index < -0.39 is 0 Å². The Balaban J connectivity index is 2.77. The van der Waals surface area contributed by atoms with Gasteiger partial charge in [-0.3, -0.25) is 4.79 Å². The zero-order valence-corrected chi connectivity index (χ0v) is 8.26. The normalized spacial score (nSPS) is 35.9. The van der Waals surface area contributed by atoms with Crippen molar-refractivity contribution in [1.82, 2.24) is 0 Å². The lowest BCUT2D eigenvalue weighted by atomic mass is 9.76. The molecule has 0 aromatic heterocycles. The lowest BCUT2D eigenvalue weighted by Gasteiger charge is -2.29. The van der Waals surface area contributed by atoms with E-state index in [9.17, 15) is 4.79 Å². The standard InChI is InChI=1S/C10H19NO/c1-7(2)9(12)10(3)6-4-5-8(10)11/h7-8H,4-6,11H2,1-3H3. The van der Waals surface area contributed by atoms with E-state index in [0.29, 0.717) is 5.78 Å². The van der Waals surface area contributed by atoms with Gasteiger partial charge < -0.3 is 5.73 Å². The third-order valence-electron chi connectivity index (χ3n) is 3.12. The van der Waals surface area contributed by atoms with Gasteiger partial charge in [-0.05, 0) is 12.8 Å². The quantitative estimate of drug-likeness (QED) is 0.684. The van der Waals surface area contributed by atoms with Crippen molar-refractivity contribution >= 4 is 5.78 Å². The fraction of sp³-hybridized carbons (Fsp3) is 0.900. The van der Waals surface area contributed by atoms with Crippen LogP contribution in [0.25, 0.3) is 0 Å². The van der Waals surface area contributed by atoms with Crippen molar-refractivity contribution in [3.05, 3.63) is 0 Å². The van der Waals surface area contributed by atoms with Gasteiger partial charge in [0.15, 0.2) is 0 Å². The summed E-state index contributed by atoms with van der Waals surface area (Å²) in [5, 5.41) is 0. The molecule has 2 heteroatoms. The molecule has 2 unspecified atom stereocenters. The number of rotatable bonds is 2. The first-order chi connectivity index (χ1) is 5.48. The molecular formula is C10H19NO. The third-order valence-corrected chi connectivity index (χ3v) is 3.12. The van der Waals surface area contributed by atoms with Crippen LogP contribution in [0.2, 0.25) is 0 Å². The highest BCUT2D eigenvalue weighted by molar-refractivity contribution is 5.87. The van der Waals surface area contributed by atoms with Crippen molar-refractivity contribution < 1.29 is 4.79 Å². The van der Waals surface area contributed by atoms with Gasteiger partial charge in [0.1, 0.15) is 5.78 Å². The van der Waals surface area contributed by atoms with E-state index >= 15 is 0 Å². The fourth-order valence-corrected chi connectivity index (χ4v) is 2.16. The second-order valence-corrected chi connectivity index (χ2v) is 4.44. The molecule has 1 saturated carbocycles. The van der Waals surface area contributed by atoms with E-state index in [1.54, 1.807) is 0 Å². The van der Waals surface area contributed by atoms with Gasteiger partial charge in [-0.15, -0.1) is 0 Å². The molecule has 1 aliphatic carbocycles. The molecule has 0 heterocycles. The number of hydrogen-bond donors (Lipinski definition) is 1. The molecule has 0 bridgehead atoms. The number of hydrogen-bond acceptors (Lipinski definition) is 2. The minimum absolute atomic E-state index is 0.0902. The Labute approximate surface area is 74.5 Å². The molecule has 0 aromatic carbocycles. The summed E-state index contributed by atoms with van der Waals surface area (Å²) in [6.45, 7) is 5.93. The monoisotopic (exact) mass is 169 g/mol. The third kappa shape index (κ3) is 1.40. The Morgan fingerprint density at radius 2 is 2.17 bits per heavy atom. The van der Waals surface area contributed by atoms with Crippen molar-refractivity contribution in [2.45, 2.75) is 46.1 Å². The molecule has 2 nitrogen and oxygen atoms in total. The van der Waals surface area contributed by atoms with E-state index in [1.807, 2.05) is 20.8 Å². The van der Waals surface area contributed by atoms with Gasteiger partial charge in [0, 0.05) is 17.4 Å². The number of nitrogens with two attached hydrogens (primary N) is 1. The Morgan fingerprint density at radius 3 is 2.50 bits per heavy atom. The van der Waals surface area contributed by atoms with Crippen LogP contribution in [0, 0.1) is 11.3 Å². The van der Waals surface area contributed by atoms with Crippen LogP contribution in [-0.2, 0) is 4.79 Å². The van der Waals surface area contributed by atoms with Crippen molar-refractivity contribution in [2.75, 3.05) is 0 Å². The van der Waals surface area contributed by atoms with Crippen LogP contribution in [0.3, 0.4) is 0 Å². The first-order valence-corrected chi connectivity index (χ1v) is 4.78. The second kappa shape index (κ2) is 3.17. The molecule has 0 saturated heterocycles. The van der Waals surface area contributed by atoms with E-state index in [1.165, 1.54) is 0 Å². The van der Waals surface area contributed by atoms with Crippen LogP contribution in [-0.4, -0.2) is 11.8 Å². The van der Waals surface area contributed by atoms with E-state index in [2.05, 4.69) is 0 Å². The molecular weight excluding hydrogens is 150 g/mol. The lowest BCUT2D eigenvalue weighted by molar-refractivity contribution is -0.131. The Morgan fingerprint density at radius 1 is 1.58 bits per heavy atom. The van der Waals surface area contributed by atoms with Crippen molar-refractivity contribution in [3.8, 4) is 0 Å². The van der Waals surface area contributed by atoms with Gasteiger partial charge in [-0.1, -0.05) is 27.2 Å². The van der Waals surface area contributed by atoms with Gasteiger partial charge in [-0.25, -0.2) is 0 Å². The molecule has 2 atom stereocenters. The zero-order chi connectivity index (χ0) is 9.35. The van der Waals surface area contributed by atoms with Gasteiger partial charge in [-0.2, -0.15) is 0 Å². The topological polar surface area (TPSA) is 43.1 Å². The van der Waals surface area contributed by atoms with Crippen LogP contribution >= 0.6 is 0 Å². The summed E-state index contributed by atoms with van der Waals surface area (Å²) in [7, 11) is 0. The predicted octanol–water partition coefficient (Wildman–Crippen LogP) is 1.73. The maximum Gasteiger partial charge on any atom is 0.142 e. The van der Waals surface area contributed by atoms with Gasteiger partial charge in [0.25, 0.3) is 0 Å². The molecule has 12 heavy (non-hydrogen) atoms. The highest BCUT2D eigenvalue weighted by atomic mass is 16.1. The summed E-state index contributed by atoms with van der Waals surface area (Å²) < 4.78 is 0. The molecule has 0 radical (unpaired) electrons. The van der Waals surface area contributed by atoms with Crippen molar-refractivity contribution in [1.29, 1.82) is 0 Å². The number of carbonyl (C=O) groups excluding carboxylic acids is 1. The highest BCUT2D eigenvalue weighted by Crippen LogP contribution is 2.39. The van der Waals surface area contributed by atoms with Gasteiger partial charge in [0.2, 0.25) is 0 Å². The summed E-state index contributed by atoms with van der Waals surface area (Å²) in [6.07, 6.45) is 3.09. The first-order valence-electron chi connectivity index (χ1n) is 4.78. The van der Waals surface area contributed by atoms with Gasteiger partial charge >= 0.3 is 0 Å². The average molecular weight is 169 g/mol. The summed E-state index contributed by atoms with van der Waals surface area (Å²) in [4.78, 5) is 11.8. The highest BCUT2D eigenvalue weighted by Gasteiger charge is 2.43.